The zero-order valence-corrected chi connectivity index (χ0v) is 11.5. The maximum atomic E-state index is 13.4. The molecule has 1 rings (SSSR count). The highest BCUT2D eigenvalue weighted by molar-refractivity contribution is 9.10. The topological polar surface area (TPSA) is 46.5 Å². The van der Waals surface area contributed by atoms with Crippen molar-refractivity contribution in [2.45, 2.75) is 32.3 Å². The van der Waals surface area contributed by atoms with Crippen LogP contribution in [-0.4, -0.2) is 17.2 Å². The molecule has 0 aliphatic heterocycles. The summed E-state index contributed by atoms with van der Waals surface area (Å²) in [7, 11) is 0. The summed E-state index contributed by atoms with van der Waals surface area (Å²) in [6.07, 6.45) is -0.938. The molecule has 18 heavy (non-hydrogen) atoms. The Hall–Kier alpha value is -1.17. The van der Waals surface area contributed by atoms with E-state index in [0.717, 1.165) is 6.92 Å². The van der Waals surface area contributed by atoms with Gasteiger partial charge in [-0.1, -0.05) is 22.9 Å². The van der Waals surface area contributed by atoms with E-state index in [0.29, 0.717) is 4.47 Å². The molecular formula is C12H13BrF2O3. The minimum atomic E-state index is -3.10. The van der Waals surface area contributed by atoms with E-state index in [2.05, 4.69) is 15.9 Å². The number of benzene rings is 1. The van der Waals surface area contributed by atoms with E-state index < -0.39 is 18.0 Å². The lowest BCUT2D eigenvalue weighted by Gasteiger charge is -2.19. The van der Waals surface area contributed by atoms with Gasteiger partial charge in [0.15, 0.2) is 6.10 Å². The van der Waals surface area contributed by atoms with E-state index in [-0.39, 0.29) is 17.7 Å². The molecule has 1 N–H and O–H groups in total. The Morgan fingerprint density at radius 2 is 2.17 bits per heavy atom. The molecule has 0 amide bonds. The summed E-state index contributed by atoms with van der Waals surface area (Å²) < 4.78 is 32.4. The molecule has 0 fully saturated rings. The van der Waals surface area contributed by atoms with Gasteiger partial charge in [-0.2, -0.15) is 0 Å². The van der Waals surface area contributed by atoms with Crippen molar-refractivity contribution in [2.24, 2.45) is 0 Å². The average Bonchev–Trinajstić information content (AvgIpc) is 2.25. The van der Waals surface area contributed by atoms with Crippen molar-refractivity contribution in [3.8, 4) is 5.75 Å². The number of carbonyl (C=O) groups is 1. The minimum Gasteiger partial charge on any atom is -0.479 e. The van der Waals surface area contributed by atoms with Crippen molar-refractivity contribution < 1.29 is 23.4 Å². The van der Waals surface area contributed by atoms with Crippen LogP contribution in [0.4, 0.5) is 8.78 Å². The Balaban J connectivity index is 3.12. The van der Waals surface area contributed by atoms with E-state index in [4.69, 9.17) is 9.84 Å². The van der Waals surface area contributed by atoms with Gasteiger partial charge >= 0.3 is 5.97 Å². The van der Waals surface area contributed by atoms with Gasteiger partial charge in [0.05, 0.1) is 5.56 Å². The van der Waals surface area contributed by atoms with Gasteiger partial charge in [-0.05, 0) is 24.6 Å². The molecule has 0 aromatic heterocycles. The van der Waals surface area contributed by atoms with Crippen LogP contribution in [-0.2, 0) is 10.7 Å². The smallest absolute Gasteiger partial charge is 0.344 e. The number of alkyl halides is 2. The predicted molar refractivity (Wildman–Crippen MR) is 66.1 cm³/mol. The number of rotatable bonds is 5. The Labute approximate surface area is 112 Å². The van der Waals surface area contributed by atoms with Gasteiger partial charge in [-0.25, -0.2) is 13.6 Å². The van der Waals surface area contributed by atoms with Crippen LogP contribution >= 0.6 is 15.9 Å². The van der Waals surface area contributed by atoms with Crippen molar-refractivity contribution in [3.63, 3.8) is 0 Å². The molecule has 0 saturated carbocycles. The molecule has 6 heteroatoms. The first kappa shape index (κ1) is 14.9. The van der Waals surface area contributed by atoms with Gasteiger partial charge in [0.2, 0.25) is 0 Å². The molecule has 1 atom stereocenters. The summed E-state index contributed by atoms with van der Waals surface area (Å²) >= 11 is 3.10. The summed E-state index contributed by atoms with van der Waals surface area (Å²) in [5.41, 5.74) is -0.337. The van der Waals surface area contributed by atoms with E-state index in [9.17, 15) is 13.6 Å². The normalized spacial score (nSPS) is 13.2. The third-order valence-corrected chi connectivity index (χ3v) is 2.82. The largest absolute Gasteiger partial charge is 0.479 e. The van der Waals surface area contributed by atoms with Gasteiger partial charge in [0.25, 0.3) is 5.92 Å². The van der Waals surface area contributed by atoms with Crippen molar-refractivity contribution in [1.29, 1.82) is 0 Å². The number of halogens is 3. The second kappa shape index (κ2) is 5.65. The molecule has 0 spiro atoms. The summed E-state index contributed by atoms with van der Waals surface area (Å²) in [6.45, 7) is 2.35. The van der Waals surface area contributed by atoms with Crippen LogP contribution in [0.1, 0.15) is 25.8 Å². The predicted octanol–water partition coefficient (Wildman–Crippen LogP) is 3.80. The SMILES string of the molecule is CC[C@H](Oc1ccc(Br)cc1C(C)(F)F)C(=O)O. The van der Waals surface area contributed by atoms with Crippen LogP contribution < -0.4 is 4.74 Å². The van der Waals surface area contributed by atoms with Gasteiger partial charge in [0, 0.05) is 11.4 Å². The number of ether oxygens (including phenoxy) is 1. The molecule has 0 aliphatic rings. The monoisotopic (exact) mass is 322 g/mol. The molecule has 3 nitrogen and oxygen atoms in total. The zero-order valence-electron chi connectivity index (χ0n) is 9.91. The molecule has 100 valence electrons. The van der Waals surface area contributed by atoms with Gasteiger partial charge < -0.3 is 9.84 Å². The Kier molecular flexibility index (Phi) is 4.67. The lowest BCUT2D eigenvalue weighted by molar-refractivity contribution is -0.145. The summed E-state index contributed by atoms with van der Waals surface area (Å²) in [6, 6.07) is 4.09. The van der Waals surface area contributed by atoms with Crippen LogP contribution in [0.5, 0.6) is 5.75 Å². The number of hydrogen-bond acceptors (Lipinski definition) is 2. The molecule has 0 unspecified atom stereocenters. The van der Waals surface area contributed by atoms with Gasteiger partial charge in [-0.15, -0.1) is 0 Å². The highest BCUT2D eigenvalue weighted by Gasteiger charge is 2.30. The lowest BCUT2D eigenvalue weighted by Crippen LogP contribution is -2.27. The molecule has 0 heterocycles. The van der Waals surface area contributed by atoms with Crippen LogP contribution in [0.15, 0.2) is 22.7 Å². The third kappa shape index (κ3) is 3.66. The number of carboxylic acid groups (broad SMARTS) is 1. The first-order chi connectivity index (χ1) is 8.25. The fraction of sp³-hybridized carbons (Fsp3) is 0.417. The molecule has 0 aliphatic carbocycles. The fourth-order valence-corrected chi connectivity index (χ4v) is 1.77. The molecule has 1 aromatic carbocycles. The van der Waals surface area contributed by atoms with Crippen LogP contribution in [0.2, 0.25) is 0 Å². The van der Waals surface area contributed by atoms with Gasteiger partial charge in [-0.3, -0.25) is 0 Å². The second-order valence-corrected chi connectivity index (χ2v) is 4.80. The lowest BCUT2D eigenvalue weighted by atomic mass is 10.1. The van der Waals surface area contributed by atoms with Crippen LogP contribution in [0.3, 0.4) is 0 Å². The molecule has 0 bridgehead atoms. The van der Waals surface area contributed by atoms with Crippen molar-refractivity contribution in [1.82, 2.24) is 0 Å². The summed E-state index contributed by atoms with van der Waals surface area (Å²) in [5, 5.41) is 8.86. The summed E-state index contributed by atoms with van der Waals surface area (Å²) in [5.74, 6) is -4.39. The van der Waals surface area contributed by atoms with E-state index in [1.54, 1.807) is 6.92 Å². The van der Waals surface area contributed by atoms with Crippen molar-refractivity contribution >= 4 is 21.9 Å². The standard InChI is InChI=1S/C12H13BrF2O3/c1-3-9(11(16)17)18-10-5-4-7(13)6-8(10)12(2,14)15/h4-6,9H,3H2,1-2H3,(H,16,17)/t9-/m0/s1. The van der Waals surface area contributed by atoms with E-state index in [1.807, 2.05) is 0 Å². The Morgan fingerprint density at radius 3 is 2.61 bits per heavy atom. The zero-order chi connectivity index (χ0) is 13.9. The van der Waals surface area contributed by atoms with Crippen molar-refractivity contribution in [3.05, 3.63) is 28.2 Å². The molecule has 0 saturated heterocycles. The first-order valence-electron chi connectivity index (χ1n) is 5.33. The van der Waals surface area contributed by atoms with Crippen molar-refractivity contribution in [2.75, 3.05) is 0 Å². The average molecular weight is 323 g/mol. The van der Waals surface area contributed by atoms with Gasteiger partial charge in [0.1, 0.15) is 5.75 Å². The Bertz CT molecular complexity index is 443. The highest BCUT2D eigenvalue weighted by atomic mass is 79.9. The maximum Gasteiger partial charge on any atom is 0.344 e. The third-order valence-electron chi connectivity index (χ3n) is 2.33. The minimum absolute atomic E-state index is 0.111. The van der Waals surface area contributed by atoms with Crippen LogP contribution in [0.25, 0.3) is 0 Å². The number of carboxylic acids is 1. The molecule has 0 radical (unpaired) electrons. The first-order valence-corrected chi connectivity index (χ1v) is 6.12. The highest BCUT2D eigenvalue weighted by Crippen LogP contribution is 2.36. The number of hydrogen-bond donors (Lipinski definition) is 1. The Morgan fingerprint density at radius 1 is 1.56 bits per heavy atom. The summed E-state index contributed by atoms with van der Waals surface area (Å²) in [4.78, 5) is 10.8. The quantitative estimate of drug-likeness (QED) is 0.896. The van der Waals surface area contributed by atoms with E-state index in [1.165, 1.54) is 18.2 Å². The van der Waals surface area contributed by atoms with E-state index >= 15 is 0 Å². The fourth-order valence-electron chi connectivity index (χ4n) is 1.41. The van der Waals surface area contributed by atoms with Crippen LogP contribution in [0, 0.1) is 0 Å². The maximum absolute atomic E-state index is 13.4. The second-order valence-electron chi connectivity index (χ2n) is 3.88. The number of aliphatic carboxylic acids is 1. The molecular weight excluding hydrogens is 310 g/mol. The molecule has 1 aromatic rings.